The van der Waals surface area contributed by atoms with E-state index in [9.17, 15) is 18.0 Å². The van der Waals surface area contributed by atoms with Crippen LogP contribution in [0.3, 0.4) is 0 Å². The van der Waals surface area contributed by atoms with Gasteiger partial charge in [-0.2, -0.15) is 4.31 Å². The molecular weight excluding hydrogens is 512 g/mol. The van der Waals surface area contributed by atoms with Crippen LogP contribution in [0.5, 0.6) is 0 Å². The summed E-state index contributed by atoms with van der Waals surface area (Å²) in [7, 11) is -3.91. The van der Waals surface area contributed by atoms with Gasteiger partial charge in [0, 0.05) is 23.5 Å². The fourth-order valence-corrected chi connectivity index (χ4v) is 6.46. The second kappa shape index (κ2) is 10.9. The molecule has 1 N–H and O–H groups in total. The Balaban J connectivity index is 1.65. The molecular formula is C24H23ClN2O6S2. The van der Waals surface area contributed by atoms with Crippen molar-refractivity contribution in [1.29, 1.82) is 0 Å². The number of esters is 1. The van der Waals surface area contributed by atoms with E-state index < -0.39 is 21.9 Å². The van der Waals surface area contributed by atoms with Gasteiger partial charge in [0.05, 0.1) is 30.5 Å². The number of halogens is 1. The van der Waals surface area contributed by atoms with Gasteiger partial charge >= 0.3 is 5.97 Å². The van der Waals surface area contributed by atoms with Gasteiger partial charge in [-0.15, -0.1) is 11.3 Å². The number of nitrogens with zero attached hydrogens (tertiary/aromatic N) is 1. The van der Waals surface area contributed by atoms with E-state index in [4.69, 9.17) is 21.1 Å². The van der Waals surface area contributed by atoms with Crippen molar-refractivity contribution >= 4 is 50.5 Å². The molecule has 0 bridgehead atoms. The van der Waals surface area contributed by atoms with E-state index in [1.807, 2.05) is 30.3 Å². The predicted molar refractivity (Wildman–Crippen MR) is 135 cm³/mol. The Morgan fingerprint density at radius 1 is 1.11 bits per heavy atom. The molecule has 2 heterocycles. The first-order chi connectivity index (χ1) is 16.8. The zero-order chi connectivity index (χ0) is 25.0. The highest BCUT2D eigenvalue weighted by Gasteiger charge is 2.29. The SMILES string of the molecule is CCOC(=O)c1sc(-c2ccccc2)cc1NC(=O)c1ccc(Cl)c(S(=O)(=O)N2CCOCC2)c1. The van der Waals surface area contributed by atoms with Crippen LogP contribution in [0.2, 0.25) is 5.02 Å². The average molecular weight is 535 g/mol. The van der Waals surface area contributed by atoms with Crippen LogP contribution < -0.4 is 5.32 Å². The maximum atomic E-state index is 13.1. The third kappa shape index (κ3) is 5.57. The van der Waals surface area contributed by atoms with Crippen molar-refractivity contribution in [2.45, 2.75) is 11.8 Å². The highest BCUT2D eigenvalue weighted by Crippen LogP contribution is 2.36. The fraction of sp³-hybridized carbons (Fsp3) is 0.250. The van der Waals surface area contributed by atoms with Crippen LogP contribution in [0.1, 0.15) is 27.0 Å². The molecule has 35 heavy (non-hydrogen) atoms. The van der Waals surface area contributed by atoms with E-state index >= 15 is 0 Å². The predicted octanol–water partition coefficient (Wildman–Crippen LogP) is 4.52. The molecule has 1 amide bonds. The Labute approximate surface area is 212 Å². The number of hydrogen-bond donors (Lipinski definition) is 1. The minimum Gasteiger partial charge on any atom is -0.462 e. The number of thiophene rings is 1. The van der Waals surface area contributed by atoms with Crippen molar-refractivity contribution in [2.75, 3.05) is 38.2 Å². The van der Waals surface area contributed by atoms with Gasteiger partial charge in [0.15, 0.2) is 0 Å². The van der Waals surface area contributed by atoms with Crippen LogP contribution in [0.4, 0.5) is 5.69 Å². The summed E-state index contributed by atoms with van der Waals surface area (Å²) in [4.78, 5) is 26.5. The number of rotatable bonds is 7. The number of carbonyl (C=O) groups excluding carboxylic acids is 2. The second-order valence-electron chi connectivity index (χ2n) is 7.56. The van der Waals surface area contributed by atoms with E-state index in [0.717, 1.165) is 10.4 Å². The largest absolute Gasteiger partial charge is 0.462 e. The Kier molecular flexibility index (Phi) is 7.88. The monoisotopic (exact) mass is 534 g/mol. The summed E-state index contributed by atoms with van der Waals surface area (Å²) in [6, 6.07) is 15.2. The van der Waals surface area contributed by atoms with E-state index in [1.54, 1.807) is 13.0 Å². The Morgan fingerprint density at radius 2 is 1.83 bits per heavy atom. The number of amides is 1. The van der Waals surface area contributed by atoms with Crippen LogP contribution in [-0.2, 0) is 19.5 Å². The number of nitrogens with one attached hydrogen (secondary N) is 1. The molecule has 1 saturated heterocycles. The molecule has 8 nitrogen and oxygen atoms in total. The van der Waals surface area contributed by atoms with Crippen LogP contribution >= 0.6 is 22.9 Å². The minimum absolute atomic E-state index is 0.0159. The zero-order valence-corrected chi connectivity index (χ0v) is 21.2. The average Bonchev–Trinajstić information content (AvgIpc) is 3.29. The third-order valence-electron chi connectivity index (χ3n) is 5.28. The highest BCUT2D eigenvalue weighted by atomic mass is 35.5. The molecule has 0 saturated carbocycles. The first kappa shape index (κ1) is 25.3. The van der Waals surface area contributed by atoms with E-state index in [2.05, 4.69) is 5.32 Å². The standard InChI is InChI=1S/C24H23ClN2O6S2/c1-2-33-24(29)22-19(15-20(34-22)16-6-4-3-5-7-16)26-23(28)17-8-9-18(25)21(14-17)35(30,31)27-10-12-32-13-11-27/h3-9,14-15H,2,10-13H2,1H3,(H,26,28). The molecule has 11 heteroatoms. The summed E-state index contributed by atoms with van der Waals surface area (Å²) in [6.45, 7) is 2.87. The Hall–Kier alpha value is -2.76. The van der Waals surface area contributed by atoms with Crippen LogP contribution in [-0.4, -0.2) is 57.5 Å². The van der Waals surface area contributed by atoms with Gasteiger partial charge in [0.1, 0.15) is 9.77 Å². The quantitative estimate of drug-likeness (QED) is 0.447. The van der Waals surface area contributed by atoms with Crippen molar-refractivity contribution in [3.8, 4) is 10.4 Å². The summed E-state index contributed by atoms with van der Waals surface area (Å²) in [5, 5.41) is 2.75. The molecule has 184 valence electrons. The van der Waals surface area contributed by atoms with E-state index in [-0.39, 0.29) is 59.0 Å². The van der Waals surface area contributed by atoms with Gasteiger partial charge in [0.25, 0.3) is 5.91 Å². The number of sulfonamides is 1. The summed E-state index contributed by atoms with van der Waals surface area (Å²) < 4.78 is 37.9. The van der Waals surface area contributed by atoms with Crippen molar-refractivity contribution in [3.05, 3.63) is 70.1 Å². The lowest BCUT2D eigenvalue weighted by Gasteiger charge is -2.26. The zero-order valence-electron chi connectivity index (χ0n) is 18.8. The summed E-state index contributed by atoms with van der Waals surface area (Å²) in [5.41, 5.74) is 1.25. The summed E-state index contributed by atoms with van der Waals surface area (Å²) >= 11 is 7.41. The van der Waals surface area contributed by atoms with E-state index in [0.29, 0.717) is 0 Å². The fourth-order valence-electron chi connectivity index (χ4n) is 3.54. The Bertz CT molecular complexity index is 1340. The molecule has 1 fully saturated rings. The van der Waals surface area contributed by atoms with Crippen molar-refractivity contribution in [1.82, 2.24) is 4.31 Å². The molecule has 3 aromatic rings. The maximum Gasteiger partial charge on any atom is 0.350 e. The lowest BCUT2D eigenvalue weighted by molar-refractivity contribution is 0.0533. The van der Waals surface area contributed by atoms with Gasteiger partial charge in [-0.3, -0.25) is 4.79 Å². The second-order valence-corrected chi connectivity index (χ2v) is 10.9. The van der Waals surface area contributed by atoms with Crippen molar-refractivity contribution < 1.29 is 27.5 Å². The first-order valence-electron chi connectivity index (χ1n) is 10.9. The molecule has 4 rings (SSSR count). The molecule has 1 aliphatic rings. The molecule has 1 aliphatic heterocycles. The lowest BCUT2D eigenvalue weighted by Crippen LogP contribution is -2.40. The van der Waals surface area contributed by atoms with Gasteiger partial charge in [-0.1, -0.05) is 41.9 Å². The summed E-state index contributed by atoms with van der Waals surface area (Å²) in [5.74, 6) is -1.13. The van der Waals surface area contributed by atoms with Gasteiger partial charge in [0.2, 0.25) is 10.0 Å². The number of anilines is 1. The maximum absolute atomic E-state index is 13.1. The van der Waals surface area contributed by atoms with E-state index in [1.165, 1.54) is 33.8 Å². The van der Waals surface area contributed by atoms with Crippen molar-refractivity contribution in [3.63, 3.8) is 0 Å². The number of benzene rings is 2. The molecule has 0 spiro atoms. The number of carbonyl (C=O) groups is 2. The molecule has 2 aromatic carbocycles. The van der Waals surface area contributed by atoms with Crippen LogP contribution in [0.15, 0.2) is 59.5 Å². The smallest absolute Gasteiger partial charge is 0.350 e. The lowest BCUT2D eigenvalue weighted by atomic mass is 10.1. The molecule has 0 radical (unpaired) electrons. The highest BCUT2D eigenvalue weighted by molar-refractivity contribution is 7.89. The molecule has 0 aliphatic carbocycles. The van der Waals surface area contributed by atoms with Crippen LogP contribution in [0, 0.1) is 0 Å². The van der Waals surface area contributed by atoms with Crippen molar-refractivity contribution in [2.24, 2.45) is 0 Å². The Morgan fingerprint density at radius 3 is 2.51 bits per heavy atom. The third-order valence-corrected chi connectivity index (χ3v) is 8.83. The topological polar surface area (TPSA) is 102 Å². The van der Waals surface area contributed by atoms with Gasteiger partial charge in [-0.05, 0) is 36.8 Å². The molecule has 0 atom stereocenters. The van der Waals surface area contributed by atoms with Crippen LogP contribution in [0.25, 0.3) is 10.4 Å². The van der Waals surface area contributed by atoms with Gasteiger partial charge in [-0.25, -0.2) is 13.2 Å². The number of ether oxygens (including phenoxy) is 2. The number of hydrogen-bond acceptors (Lipinski definition) is 7. The first-order valence-corrected chi connectivity index (χ1v) is 13.5. The van der Waals surface area contributed by atoms with Gasteiger partial charge < -0.3 is 14.8 Å². The number of morpholine rings is 1. The summed E-state index contributed by atoms with van der Waals surface area (Å²) in [6.07, 6.45) is 0. The minimum atomic E-state index is -3.91. The normalized spacial score (nSPS) is 14.5. The molecule has 1 aromatic heterocycles. The molecule has 0 unspecified atom stereocenters.